The second kappa shape index (κ2) is 8.04. The monoisotopic (exact) mass is 466 g/mol. The summed E-state index contributed by atoms with van der Waals surface area (Å²) in [6.07, 6.45) is 1.84. The van der Waals surface area contributed by atoms with Gasteiger partial charge in [0.05, 0.1) is 0 Å². The van der Waals surface area contributed by atoms with Gasteiger partial charge in [0, 0.05) is 0 Å². The molecule has 0 amide bonds. The molecule has 0 saturated carbocycles. The molecular formula is C25H35AsN4. The molecule has 0 saturated heterocycles. The molecule has 0 unspecified atom stereocenters. The number of benzene rings is 1. The van der Waals surface area contributed by atoms with E-state index in [2.05, 4.69) is 88.6 Å². The average molecular weight is 467 g/mol. The van der Waals surface area contributed by atoms with Crippen LogP contribution in [0.4, 0.5) is 0 Å². The van der Waals surface area contributed by atoms with Crippen LogP contribution in [0.25, 0.3) is 0 Å². The van der Waals surface area contributed by atoms with Crippen molar-refractivity contribution in [3.63, 3.8) is 0 Å². The van der Waals surface area contributed by atoms with E-state index in [0.717, 1.165) is 10.1 Å². The molecule has 0 radical (unpaired) electrons. The molecular weight excluding hydrogens is 431 g/mol. The third-order valence-electron chi connectivity index (χ3n) is 5.33. The number of aromatic nitrogens is 1. The predicted octanol–water partition coefficient (Wildman–Crippen LogP) is 5.95. The Morgan fingerprint density at radius 1 is 0.833 bits per heavy atom. The van der Waals surface area contributed by atoms with Gasteiger partial charge in [0.1, 0.15) is 0 Å². The Kier molecular flexibility index (Phi) is 6.13. The third-order valence-corrected chi connectivity index (χ3v) is 7.33. The van der Waals surface area contributed by atoms with Gasteiger partial charge >= 0.3 is 189 Å². The molecule has 1 aliphatic heterocycles. The van der Waals surface area contributed by atoms with Crippen molar-refractivity contribution in [1.82, 2.24) is 8.91 Å². The Bertz CT molecular complexity index is 936. The fraction of sp³-hybridized carbons (Fsp3) is 0.520. The van der Waals surface area contributed by atoms with E-state index < -0.39 is 0 Å². The zero-order chi connectivity index (χ0) is 22.3. The second-order valence-electron chi connectivity index (χ2n) is 11.2. The molecule has 2 aromatic rings. The van der Waals surface area contributed by atoms with Gasteiger partial charge < -0.3 is 0 Å². The van der Waals surface area contributed by atoms with Gasteiger partial charge in [-0.1, -0.05) is 0 Å². The topological polar surface area (TPSA) is 40.9 Å². The second-order valence-corrected chi connectivity index (χ2v) is 13.4. The van der Waals surface area contributed by atoms with E-state index in [-0.39, 0.29) is 31.8 Å². The molecule has 5 heteroatoms. The molecule has 30 heavy (non-hydrogen) atoms. The summed E-state index contributed by atoms with van der Waals surface area (Å²) >= 11 is -0.310. The van der Waals surface area contributed by atoms with Gasteiger partial charge in [-0.05, 0) is 0 Å². The molecule has 1 aromatic heterocycles. The van der Waals surface area contributed by atoms with Crippen molar-refractivity contribution in [2.24, 2.45) is 10.3 Å². The van der Waals surface area contributed by atoms with Crippen LogP contribution in [-0.4, -0.2) is 28.9 Å². The fourth-order valence-corrected chi connectivity index (χ4v) is 5.51. The summed E-state index contributed by atoms with van der Waals surface area (Å²) in [5.41, 5.74) is 6.63. The molecule has 4 nitrogen and oxygen atoms in total. The molecule has 160 valence electrons. The first-order valence-electron chi connectivity index (χ1n) is 10.6. The molecule has 0 spiro atoms. The molecule has 0 fully saturated rings. The van der Waals surface area contributed by atoms with Crippen LogP contribution in [0.15, 0.2) is 46.9 Å². The van der Waals surface area contributed by atoms with E-state index in [1.165, 1.54) is 22.3 Å². The van der Waals surface area contributed by atoms with Crippen molar-refractivity contribution in [3.05, 3.63) is 64.5 Å². The Balaban J connectivity index is 2.16. The van der Waals surface area contributed by atoms with Crippen LogP contribution in [0, 0.1) is 0 Å². The summed E-state index contributed by atoms with van der Waals surface area (Å²) in [4.78, 5) is 4.45. The van der Waals surface area contributed by atoms with Gasteiger partial charge in [-0.2, -0.15) is 0 Å². The summed E-state index contributed by atoms with van der Waals surface area (Å²) in [6.45, 7) is 21.4. The summed E-state index contributed by atoms with van der Waals surface area (Å²) in [5, 5.41) is 9.23. The molecule has 1 aromatic carbocycles. The number of nitrogens with zero attached hydrogens (tertiary/aromatic N) is 4. The zero-order valence-corrected chi connectivity index (χ0v) is 21.8. The quantitative estimate of drug-likeness (QED) is 0.524. The maximum absolute atomic E-state index is 4.71. The van der Waals surface area contributed by atoms with Crippen LogP contribution in [0.2, 0.25) is 0 Å². The third kappa shape index (κ3) is 5.08. The summed E-state index contributed by atoms with van der Waals surface area (Å²) in [6, 6.07) is 10.8. The zero-order valence-electron chi connectivity index (χ0n) is 19.9. The Morgan fingerprint density at radius 2 is 1.43 bits per heavy atom. The van der Waals surface area contributed by atoms with Crippen LogP contribution in [0.3, 0.4) is 0 Å². The minimum absolute atomic E-state index is 0.0225. The van der Waals surface area contributed by atoms with Crippen molar-refractivity contribution >= 4 is 20.0 Å². The van der Waals surface area contributed by atoms with Gasteiger partial charge in [0.15, 0.2) is 0 Å². The van der Waals surface area contributed by atoms with Gasteiger partial charge in [-0.15, -0.1) is 0 Å². The Hall–Kier alpha value is -1.80. The van der Waals surface area contributed by atoms with Crippen molar-refractivity contribution in [2.75, 3.05) is 0 Å². The Morgan fingerprint density at radius 3 is 1.90 bits per heavy atom. The number of pyridine rings is 1. The van der Waals surface area contributed by atoms with Crippen LogP contribution in [-0.2, 0) is 22.8 Å². The van der Waals surface area contributed by atoms with Crippen molar-refractivity contribution in [2.45, 2.75) is 85.1 Å². The standard InChI is InChI=1S/C25H35AsN4/c1-23(2,3)17-14-19(24(4,5)6)21(20(15-17)25(7,8)9)22-26-30(29-28-22)16-18-12-10-11-13-27-18/h10-15H,16H2,1-9H3. The van der Waals surface area contributed by atoms with E-state index in [1.807, 2.05) is 24.4 Å². The molecule has 0 atom stereocenters. The maximum atomic E-state index is 4.71. The van der Waals surface area contributed by atoms with Gasteiger partial charge in [-0.25, -0.2) is 0 Å². The van der Waals surface area contributed by atoms with E-state index in [0.29, 0.717) is 6.54 Å². The summed E-state index contributed by atoms with van der Waals surface area (Å²) in [7, 11) is 0. The molecule has 3 rings (SSSR count). The number of hydrogen-bond donors (Lipinski definition) is 0. The molecule has 0 aliphatic carbocycles. The van der Waals surface area contributed by atoms with E-state index in [1.54, 1.807) is 0 Å². The Labute approximate surface area is 188 Å². The van der Waals surface area contributed by atoms with Crippen LogP contribution < -0.4 is 0 Å². The van der Waals surface area contributed by atoms with Gasteiger partial charge in [0.25, 0.3) is 0 Å². The van der Waals surface area contributed by atoms with E-state index >= 15 is 0 Å². The molecule has 0 bridgehead atoms. The SMILES string of the molecule is CC(C)(C)c1cc(C(C)(C)C)c(C2=[As]N(Cc3ccccn3)N=N2)c(C(C)(C)C)c1. The van der Waals surface area contributed by atoms with Crippen LogP contribution >= 0.6 is 0 Å². The predicted molar refractivity (Wildman–Crippen MR) is 127 cm³/mol. The minimum atomic E-state index is -0.310. The fourth-order valence-electron chi connectivity index (χ4n) is 3.55. The average Bonchev–Trinajstić information content (AvgIpc) is 3.07. The van der Waals surface area contributed by atoms with Crippen molar-refractivity contribution < 1.29 is 0 Å². The van der Waals surface area contributed by atoms with Gasteiger partial charge in [0.2, 0.25) is 0 Å². The molecule has 1 aliphatic rings. The first-order chi connectivity index (χ1) is 13.8. The van der Waals surface area contributed by atoms with E-state index in [9.17, 15) is 0 Å². The number of rotatable bonds is 3. The summed E-state index contributed by atoms with van der Waals surface area (Å²) in [5.74, 6) is 0. The molecule has 0 N–H and O–H groups in total. The van der Waals surface area contributed by atoms with Gasteiger partial charge in [-0.3, -0.25) is 0 Å². The van der Waals surface area contributed by atoms with Crippen LogP contribution in [0.5, 0.6) is 0 Å². The van der Waals surface area contributed by atoms with Crippen molar-refractivity contribution in [1.29, 1.82) is 0 Å². The van der Waals surface area contributed by atoms with Crippen molar-refractivity contribution in [3.8, 4) is 0 Å². The first kappa shape index (κ1) is 22.9. The summed E-state index contributed by atoms with van der Waals surface area (Å²) < 4.78 is 3.25. The number of hydrogen-bond acceptors (Lipinski definition) is 4. The van der Waals surface area contributed by atoms with Crippen LogP contribution in [0.1, 0.15) is 90.3 Å². The normalized spacial score (nSPS) is 15.5. The molecule has 2 heterocycles. The first-order valence-corrected chi connectivity index (χ1v) is 12.4. The van der Waals surface area contributed by atoms with E-state index in [4.69, 9.17) is 5.11 Å².